The van der Waals surface area contributed by atoms with Crippen molar-refractivity contribution in [3.8, 4) is 0 Å². The third-order valence-electron chi connectivity index (χ3n) is 3.95. The van der Waals surface area contributed by atoms with Gasteiger partial charge in [0.05, 0.1) is 0 Å². The first-order valence-electron chi connectivity index (χ1n) is 6.80. The summed E-state index contributed by atoms with van der Waals surface area (Å²) in [6.07, 6.45) is 8.55. The molecule has 2 heteroatoms. The van der Waals surface area contributed by atoms with Gasteiger partial charge in [0, 0.05) is 12.6 Å². The van der Waals surface area contributed by atoms with Crippen molar-refractivity contribution in [2.45, 2.75) is 51.5 Å². The van der Waals surface area contributed by atoms with Gasteiger partial charge in [-0.05, 0) is 58.2 Å². The van der Waals surface area contributed by atoms with Crippen LogP contribution in [-0.2, 0) is 0 Å². The van der Waals surface area contributed by atoms with Gasteiger partial charge in [0.25, 0.3) is 0 Å². The molecule has 1 N–H and O–H groups in total. The van der Waals surface area contributed by atoms with Crippen molar-refractivity contribution in [2.75, 3.05) is 26.2 Å². The average molecular weight is 210 g/mol. The maximum atomic E-state index is 3.54. The zero-order valence-electron chi connectivity index (χ0n) is 10.2. The van der Waals surface area contributed by atoms with E-state index >= 15 is 0 Å². The number of nitrogens with zero attached hydrogens (tertiary/aromatic N) is 1. The van der Waals surface area contributed by atoms with Crippen molar-refractivity contribution in [1.29, 1.82) is 0 Å². The zero-order chi connectivity index (χ0) is 10.5. The molecule has 0 radical (unpaired) electrons. The Morgan fingerprint density at radius 1 is 1.13 bits per heavy atom. The number of hydrogen-bond acceptors (Lipinski definition) is 2. The van der Waals surface area contributed by atoms with Gasteiger partial charge in [-0.25, -0.2) is 0 Å². The molecule has 2 fully saturated rings. The van der Waals surface area contributed by atoms with Crippen molar-refractivity contribution in [1.82, 2.24) is 10.2 Å². The van der Waals surface area contributed by atoms with E-state index in [1.54, 1.807) is 0 Å². The van der Waals surface area contributed by atoms with Crippen molar-refractivity contribution < 1.29 is 0 Å². The molecule has 2 atom stereocenters. The maximum absolute atomic E-state index is 3.54. The second-order valence-electron chi connectivity index (χ2n) is 5.46. The molecule has 2 unspecified atom stereocenters. The molecule has 2 aliphatic rings. The molecule has 0 amide bonds. The van der Waals surface area contributed by atoms with E-state index in [1.165, 1.54) is 64.7 Å². The van der Waals surface area contributed by atoms with Gasteiger partial charge in [0.1, 0.15) is 0 Å². The Kier molecular flexibility index (Phi) is 4.45. The Labute approximate surface area is 94.4 Å². The number of hydrogen-bond donors (Lipinski definition) is 1. The summed E-state index contributed by atoms with van der Waals surface area (Å²) in [4.78, 5) is 2.72. The fourth-order valence-electron chi connectivity index (χ4n) is 3.08. The molecule has 0 bridgehead atoms. The van der Waals surface area contributed by atoms with Crippen molar-refractivity contribution in [3.05, 3.63) is 0 Å². The summed E-state index contributed by atoms with van der Waals surface area (Å²) in [6, 6.07) is 0.746. The summed E-state index contributed by atoms with van der Waals surface area (Å²) in [5, 5.41) is 3.54. The van der Waals surface area contributed by atoms with Crippen molar-refractivity contribution in [3.63, 3.8) is 0 Å². The Balaban J connectivity index is 1.74. The summed E-state index contributed by atoms with van der Waals surface area (Å²) in [7, 11) is 0. The standard InChI is InChI=1S/C13H26N2/c1-12-10-13(6-7-14-12)11-15-8-4-2-3-5-9-15/h12-14H,2-11H2,1H3. The summed E-state index contributed by atoms with van der Waals surface area (Å²) < 4.78 is 0. The van der Waals surface area contributed by atoms with E-state index in [4.69, 9.17) is 0 Å². The first-order chi connectivity index (χ1) is 7.34. The van der Waals surface area contributed by atoms with E-state index in [-0.39, 0.29) is 0 Å². The van der Waals surface area contributed by atoms with Crippen molar-refractivity contribution in [2.24, 2.45) is 5.92 Å². The summed E-state index contributed by atoms with van der Waals surface area (Å²) in [5.74, 6) is 0.958. The van der Waals surface area contributed by atoms with Gasteiger partial charge in [-0.1, -0.05) is 12.8 Å². The van der Waals surface area contributed by atoms with Crippen LogP contribution in [0.3, 0.4) is 0 Å². The molecule has 2 nitrogen and oxygen atoms in total. The Bertz CT molecular complexity index is 173. The maximum Gasteiger partial charge on any atom is 0.00418 e. The van der Waals surface area contributed by atoms with E-state index in [1.807, 2.05) is 0 Å². The highest BCUT2D eigenvalue weighted by molar-refractivity contribution is 4.78. The van der Waals surface area contributed by atoms with Crippen LogP contribution >= 0.6 is 0 Å². The van der Waals surface area contributed by atoms with Crippen LogP contribution in [-0.4, -0.2) is 37.1 Å². The van der Waals surface area contributed by atoms with Crippen LogP contribution in [0.1, 0.15) is 45.4 Å². The Morgan fingerprint density at radius 2 is 1.87 bits per heavy atom. The normalized spacial score (nSPS) is 35.0. The van der Waals surface area contributed by atoms with Gasteiger partial charge in [0.2, 0.25) is 0 Å². The average Bonchev–Trinajstić information content (AvgIpc) is 2.46. The molecule has 0 aromatic rings. The van der Waals surface area contributed by atoms with Crippen LogP contribution in [0.5, 0.6) is 0 Å². The number of rotatable bonds is 2. The molecule has 0 aliphatic carbocycles. The highest BCUT2D eigenvalue weighted by Gasteiger charge is 2.21. The van der Waals surface area contributed by atoms with Gasteiger partial charge in [-0.3, -0.25) is 0 Å². The first-order valence-corrected chi connectivity index (χ1v) is 6.80. The second kappa shape index (κ2) is 5.86. The number of likely N-dealkylation sites (tertiary alicyclic amines) is 1. The molecular formula is C13H26N2. The molecule has 2 rings (SSSR count). The van der Waals surface area contributed by atoms with Crippen LogP contribution in [0.25, 0.3) is 0 Å². The lowest BCUT2D eigenvalue weighted by atomic mass is 9.93. The first kappa shape index (κ1) is 11.4. The fourth-order valence-corrected chi connectivity index (χ4v) is 3.08. The van der Waals surface area contributed by atoms with Gasteiger partial charge in [0.15, 0.2) is 0 Å². The Morgan fingerprint density at radius 3 is 2.53 bits per heavy atom. The smallest absolute Gasteiger partial charge is 0.00418 e. The SMILES string of the molecule is CC1CC(CN2CCCCCC2)CCN1. The molecule has 88 valence electrons. The highest BCUT2D eigenvalue weighted by atomic mass is 15.1. The quantitative estimate of drug-likeness (QED) is 0.752. The van der Waals surface area contributed by atoms with Crippen LogP contribution in [0.2, 0.25) is 0 Å². The molecule has 15 heavy (non-hydrogen) atoms. The van der Waals surface area contributed by atoms with Crippen LogP contribution in [0.15, 0.2) is 0 Å². The van der Waals surface area contributed by atoms with Gasteiger partial charge in [-0.15, -0.1) is 0 Å². The number of nitrogens with one attached hydrogen (secondary N) is 1. The predicted octanol–water partition coefficient (Wildman–Crippen LogP) is 2.25. The van der Waals surface area contributed by atoms with E-state index in [0.29, 0.717) is 0 Å². The summed E-state index contributed by atoms with van der Waals surface area (Å²) >= 11 is 0. The summed E-state index contributed by atoms with van der Waals surface area (Å²) in [6.45, 7) is 7.65. The van der Waals surface area contributed by atoms with E-state index in [9.17, 15) is 0 Å². The minimum atomic E-state index is 0.746. The molecule has 0 saturated carbocycles. The minimum Gasteiger partial charge on any atom is -0.314 e. The van der Waals surface area contributed by atoms with E-state index < -0.39 is 0 Å². The van der Waals surface area contributed by atoms with Gasteiger partial charge in [-0.2, -0.15) is 0 Å². The van der Waals surface area contributed by atoms with Crippen molar-refractivity contribution >= 4 is 0 Å². The summed E-state index contributed by atoms with van der Waals surface area (Å²) in [5.41, 5.74) is 0. The minimum absolute atomic E-state index is 0.746. The van der Waals surface area contributed by atoms with Gasteiger partial charge >= 0.3 is 0 Å². The molecule has 0 spiro atoms. The monoisotopic (exact) mass is 210 g/mol. The molecule has 2 aliphatic heterocycles. The topological polar surface area (TPSA) is 15.3 Å². The molecule has 0 aromatic heterocycles. The lowest BCUT2D eigenvalue weighted by molar-refractivity contribution is 0.196. The van der Waals surface area contributed by atoms with E-state index in [2.05, 4.69) is 17.1 Å². The second-order valence-corrected chi connectivity index (χ2v) is 5.46. The molecule has 2 heterocycles. The van der Waals surface area contributed by atoms with Gasteiger partial charge < -0.3 is 10.2 Å². The third kappa shape index (κ3) is 3.76. The molecule has 0 aromatic carbocycles. The highest BCUT2D eigenvalue weighted by Crippen LogP contribution is 2.19. The Hall–Kier alpha value is -0.0800. The largest absolute Gasteiger partial charge is 0.314 e. The lowest BCUT2D eigenvalue weighted by Gasteiger charge is -2.32. The lowest BCUT2D eigenvalue weighted by Crippen LogP contribution is -2.40. The number of piperidine rings is 1. The van der Waals surface area contributed by atoms with Crippen LogP contribution in [0.4, 0.5) is 0 Å². The predicted molar refractivity (Wildman–Crippen MR) is 65.1 cm³/mol. The third-order valence-corrected chi connectivity index (χ3v) is 3.95. The van der Waals surface area contributed by atoms with Crippen LogP contribution in [0, 0.1) is 5.92 Å². The fraction of sp³-hybridized carbons (Fsp3) is 1.00. The molecule has 2 saturated heterocycles. The zero-order valence-corrected chi connectivity index (χ0v) is 10.2. The van der Waals surface area contributed by atoms with E-state index in [0.717, 1.165) is 12.0 Å². The molecular weight excluding hydrogens is 184 g/mol. The van der Waals surface area contributed by atoms with Crippen LogP contribution < -0.4 is 5.32 Å².